The van der Waals surface area contributed by atoms with Crippen LogP contribution in [0.15, 0.2) is 66.7 Å². The van der Waals surface area contributed by atoms with Gasteiger partial charge in [0, 0.05) is 11.0 Å². The molecule has 0 N–H and O–H groups in total. The molecule has 0 fully saturated rings. The molecular weight excluding hydrogens is 376 g/mol. The number of hydrogen-bond donors (Lipinski definition) is 0. The van der Waals surface area contributed by atoms with E-state index >= 15 is 0 Å². The van der Waals surface area contributed by atoms with Gasteiger partial charge in [0.15, 0.2) is 11.5 Å². The molecule has 1 aliphatic rings. The van der Waals surface area contributed by atoms with E-state index in [1.54, 1.807) is 14.2 Å². The molecule has 4 nitrogen and oxygen atoms in total. The molecule has 156 valence electrons. The predicted octanol–water partition coefficient (Wildman–Crippen LogP) is 5.76. The minimum atomic E-state index is -0.0732. The highest BCUT2D eigenvalue weighted by Crippen LogP contribution is 2.49. The molecule has 30 heavy (non-hydrogen) atoms. The second-order valence-corrected chi connectivity index (χ2v) is 7.75. The maximum atomic E-state index is 5.68. The van der Waals surface area contributed by atoms with Gasteiger partial charge >= 0.3 is 0 Å². The minimum Gasteiger partial charge on any atom is -0.492 e. The first-order chi connectivity index (χ1) is 14.7. The van der Waals surface area contributed by atoms with Crippen molar-refractivity contribution in [3.05, 3.63) is 83.4 Å². The molecule has 0 atom stereocenters. The first kappa shape index (κ1) is 20.1. The van der Waals surface area contributed by atoms with E-state index in [0.717, 1.165) is 36.3 Å². The van der Waals surface area contributed by atoms with E-state index in [2.05, 4.69) is 67.6 Å². The van der Waals surface area contributed by atoms with Crippen molar-refractivity contribution in [1.29, 1.82) is 0 Å². The van der Waals surface area contributed by atoms with Crippen LogP contribution >= 0.6 is 0 Å². The second kappa shape index (κ2) is 8.70. The van der Waals surface area contributed by atoms with Crippen LogP contribution in [0.5, 0.6) is 23.0 Å². The lowest BCUT2D eigenvalue weighted by molar-refractivity contribution is 0.170. The standard InChI is InChI=1S/C26H28O4/c1-26(20-12-6-4-7-13-20,21-14-8-5-9-15-21)16-10-11-19-17-22-24(30-18-29-22)25(28-3)23(19)27-2/h4-9,12-15,17H,10-11,16,18H2,1-3H3. The Morgan fingerprint density at radius 3 is 2.00 bits per heavy atom. The number of hydrogen-bond acceptors (Lipinski definition) is 4. The summed E-state index contributed by atoms with van der Waals surface area (Å²) in [7, 11) is 3.30. The lowest BCUT2D eigenvalue weighted by atomic mass is 9.72. The zero-order valence-electron chi connectivity index (χ0n) is 17.8. The van der Waals surface area contributed by atoms with Crippen molar-refractivity contribution in [1.82, 2.24) is 0 Å². The topological polar surface area (TPSA) is 36.9 Å². The lowest BCUT2D eigenvalue weighted by Gasteiger charge is -2.31. The number of fused-ring (bicyclic) bond motifs is 1. The van der Waals surface area contributed by atoms with Gasteiger partial charge in [-0.05, 0) is 36.5 Å². The van der Waals surface area contributed by atoms with Crippen LogP contribution < -0.4 is 18.9 Å². The third kappa shape index (κ3) is 3.70. The normalized spacial score (nSPS) is 12.6. The van der Waals surface area contributed by atoms with E-state index in [0.29, 0.717) is 11.5 Å². The van der Waals surface area contributed by atoms with Gasteiger partial charge in [-0.25, -0.2) is 0 Å². The second-order valence-electron chi connectivity index (χ2n) is 7.75. The Bertz CT molecular complexity index is 943. The van der Waals surface area contributed by atoms with Gasteiger partial charge in [-0.15, -0.1) is 0 Å². The maximum Gasteiger partial charge on any atom is 0.231 e. The van der Waals surface area contributed by atoms with Crippen molar-refractivity contribution in [3.8, 4) is 23.0 Å². The van der Waals surface area contributed by atoms with Crippen molar-refractivity contribution in [2.75, 3.05) is 21.0 Å². The third-order valence-corrected chi connectivity index (χ3v) is 6.00. The number of methoxy groups -OCH3 is 2. The molecule has 0 radical (unpaired) electrons. The van der Waals surface area contributed by atoms with Crippen LogP contribution in [0.3, 0.4) is 0 Å². The molecule has 0 aromatic heterocycles. The van der Waals surface area contributed by atoms with Crippen LogP contribution in [0, 0.1) is 0 Å². The van der Waals surface area contributed by atoms with Crippen LogP contribution in [0.1, 0.15) is 36.5 Å². The van der Waals surface area contributed by atoms with Gasteiger partial charge in [0.1, 0.15) is 0 Å². The molecule has 0 saturated carbocycles. The quantitative estimate of drug-likeness (QED) is 0.478. The summed E-state index contributed by atoms with van der Waals surface area (Å²) in [5, 5.41) is 0. The molecule has 0 bridgehead atoms. The van der Waals surface area contributed by atoms with Gasteiger partial charge < -0.3 is 18.9 Å². The van der Waals surface area contributed by atoms with Gasteiger partial charge in [-0.2, -0.15) is 0 Å². The Hall–Kier alpha value is -3.14. The molecule has 1 heterocycles. The monoisotopic (exact) mass is 404 g/mol. The Balaban J connectivity index is 1.60. The van der Waals surface area contributed by atoms with Gasteiger partial charge in [-0.3, -0.25) is 0 Å². The van der Waals surface area contributed by atoms with Crippen LogP contribution in [0.4, 0.5) is 0 Å². The number of rotatable bonds is 8. The Labute approximate surface area is 178 Å². The van der Waals surface area contributed by atoms with E-state index in [1.165, 1.54) is 11.1 Å². The summed E-state index contributed by atoms with van der Waals surface area (Å²) in [6, 6.07) is 23.5. The zero-order chi connectivity index (χ0) is 21.0. The van der Waals surface area contributed by atoms with E-state index in [1.807, 2.05) is 6.07 Å². The molecule has 3 aromatic carbocycles. The highest BCUT2D eigenvalue weighted by Gasteiger charge is 2.30. The van der Waals surface area contributed by atoms with Gasteiger partial charge in [0.05, 0.1) is 14.2 Å². The molecule has 0 spiro atoms. The summed E-state index contributed by atoms with van der Waals surface area (Å²) in [6.07, 6.45) is 2.84. The van der Waals surface area contributed by atoms with Gasteiger partial charge in [0.2, 0.25) is 18.3 Å². The van der Waals surface area contributed by atoms with Crippen LogP contribution in [0.2, 0.25) is 0 Å². The van der Waals surface area contributed by atoms with Gasteiger partial charge in [0.25, 0.3) is 0 Å². The fraction of sp³-hybridized carbons (Fsp3) is 0.308. The van der Waals surface area contributed by atoms with Crippen LogP contribution in [-0.4, -0.2) is 21.0 Å². The molecule has 0 amide bonds. The highest BCUT2D eigenvalue weighted by atomic mass is 16.7. The number of ether oxygens (including phenoxy) is 4. The lowest BCUT2D eigenvalue weighted by Crippen LogP contribution is -2.23. The third-order valence-electron chi connectivity index (χ3n) is 6.00. The molecule has 4 heteroatoms. The van der Waals surface area contributed by atoms with Crippen LogP contribution in [-0.2, 0) is 11.8 Å². The molecule has 0 aliphatic carbocycles. The summed E-state index contributed by atoms with van der Waals surface area (Å²) in [5.41, 5.74) is 3.65. The summed E-state index contributed by atoms with van der Waals surface area (Å²) in [4.78, 5) is 0. The number of aryl methyl sites for hydroxylation is 1. The Kier molecular flexibility index (Phi) is 5.84. The minimum absolute atomic E-state index is 0.0732. The van der Waals surface area contributed by atoms with E-state index in [4.69, 9.17) is 18.9 Å². The first-order valence-electron chi connectivity index (χ1n) is 10.3. The SMILES string of the molecule is COc1c(CCCC(C)(c2ccccc2)c2ccccc2)cc2c(c1OC)OCO2. The van der Waals surface area contributed by atoms with Crippen molar-refractivity contribution in [3.63, 3.8) is 0 Å². The summed E-state index contributed by atoms with van der Waals surface area (Å²) in [6.45, 7) is 2.54. The largest absolute Gasteiger partial charge is 0.492 e. The Morgan fingerprint density at radius 1 is 0.833 bits per heavy atom. The average Bonchev–Trinajstić information content (AvgIpc) is 3.27. The molecule has 1 aliphatic heterocycles. The fourth-order valence-electron chi connectivity index (χ4n) is 4.34. The average molecular weight is 405 g/mol. The molecule has 4 rings (SSSR count). The molecule has 0 saturated heterocycles. The van der Waals surface area contributed by atoms with E-state index in [9.17, 15) is 0 Å². The Morgan fingerprint density at radius 2 is 1.43 bits per heavy atom. The van der Waals surface area contributed by atoms with E-state index < -0.39 is 0 Å². The number of benzene rings is 3. The van der Waals surface area contributed by atoms with Gasteiger partial charge in [-0.1, -0.05) is 67.6 Å². The molecular formula is C26H28O4. The van der Waals surface area contributed by atoms with Crippen molar-refractivity contribution in [2.24, 2.45) is 0 Å². The summed E-state index contributed by atoms with van der Waals surface area (Å²) in [5.74, 6) is 2.67. The molecule has 3 aromatic rings. The summed E-state index contributed by atoms with van der Waals surface area (Å²) >= 11 is 0. The fourth-order valence-corrected chi connectivity index (χ4v) is 4.34. The zero-order valence-corrected chi connectivity index (χ0v) is 17.8. The first-order valence-corrected chi connectivity index (χ1v) is 10.3. The van der Waals surface area contributed by atoms with Crippen molar-refractivity contribution < 1.29 is 18.9 Å². The smallest absolute Gasteiger partial charge is 0.231 e. The summed E-state index contributed by atoms with van der Waals surface area (Å²) < 4.78 is 22.4. The van der Waals surface area contributed by atoms with Crippen molar-refractivity contribution >= 4 is 0 Å². The maximum absolute atomic E-state index is 5.68. The highest BCUT2D eigenvalue weighted by molar-refractivity contribution is 5.63. The predicted molar refractivity (Wildman–Crippen MR) is 118 cm³/mol. The van der Waals surface area contributed by atoms with Crippen molar-refractivity contribution in [2.45, 2.75) is 31.6 Å². The van der Waals surface area contributed by atoms with Crippen LogP contribution in [0.25, 0.3) is 0 Å². The molecule has 0 unspecified atom stereocenters. The van der Waals surface area contributed by atoms with E-state index in [-0.39, 0.29) is 12.2 Å².